The third kappa shape index (κ3) is 3.05. The van der Waals surface area contributed by atoms with Crippen LogP contribution >= 0.6 is 22.9 Å². The summed E-state index contributed by atoms with van der Waals surface area (Å²) in [5.74, 6) is -0.831. The van der Waals surface area contributed by atoms with Gasteiger partial charge < -0.3 is 15.3 Å². The first-order valence-corrected chi connectivity index (χ1v) is 7.56. The molecule has 0 aliphatic rings. The molecule has 8 heteroatoms. The molecule has 116 valence electrons. The predicted molar refractivity (Wildman–Crippen MR) is 86.5 cm³/mol. The number of halogens is 1. The Labute approximate surface area is 135 Å². The fourth-order valence-corrected chi connectivity index (χ4v) is 3.47. The zero-order chi connectivity index (χ0) is 16.3. The first kappa shape index (κ1) is 16.3. The average molecular weight is 341 g/mol. The fraction of sp³-hybridized carbons (Fsp3) is 0.214. The van der Waals surface area contributed by atoms with E-state index in [0.717, 1.165) is 0 Å². The molecule has 1 aromatic carbocycles. The molecule has 0 atom stereocenters. The highest BCUT2D eigenvalue weighted by molar-refractivity contribution is 7.24. The van der Waals surface area contributed by atoms with Gasteiger partial charge in [0.05, 0.1) is 22.5 Å². The largest absolute Gasteiger partial charge is 0.462 e. The van der Waals surface area contributed by atoms with Crippen molar-refractivity contribution in [2.45, 2.75) is 13.8 Å². The molecular weight excluding hydrogens is 328 g/mol. The van der Waals surface area contributed by atoms with E-state index in [9.17, 15) is 9.59 Å². The Morgan fingerprint density at radius 2 is 2.23 bits per heavy atom. The van der Waals surface area contributed by atoms with Crippen LogP contribution in [0.1, 0.15) is 29.8 Å². The molecule has 2 rings (SSSR count). The molecule has 0 saturated heterocycles. The molecule has 1 heterocycles. The summed E-state index contributed by atoms with van der Waals surface area (Å²) in [5.41, 5.74) is 0.772. The molecule has 0 radical (unpaired) electrons. The van der Waals surface area contributed by atoms with Gasteiger partial charge in [0.25, 0.3) is 0 Å². The average Bonchev–Trinajstić information content (AvgIpc) is 2.80. The van der Waals surface area contributed by atoms with Crippen LogP contribution in [0.5, 0.6) is 0 Å². The number of fused-ring (bicyclic) bond motifs is 1. The summed E-state index contributed by atoms with van der Waals surface area (Å²) in [7, 11) is 0. The van der Waals surface area contributed by atoms with Crippen molar-refractivity contribution in [3.63, 3.8) is 0 Å². The van der Waals surface area contributed by atoms with Crippen molar-refractivity contribution >= 4 is 56.1 Å². The highest BCUT2D eigenvalue weighted by Gasteiger charge is 2.23. The number of thiophene rings is 1. The second-order valence-corrected chi connectivity index (χ2v) is 5.70. The van der Waals surface area contributed by atoms with Crippen molar-refractivity contribution in [1.29, 1.82) is 0 Å². The number of benzene rings is 1. The highest BCUT2D eigenvalue weighted by atomic mass is 35.5. The first-order chi connectivity index (χ1) is 10.5. The smallest absolute Gasteiger partial charge is 0.341 e. The summed E-state index contributed by atoms with van der Waals surface area (Å²) in [6.45, 7) is 3.27. The van der Waals surface area contributed by atoms with E-state index in [-0.39, 0.29) is 18.1 Å². The van der Waals surface area contributed by atoms with Gasteiger partial charge in [-0.05, 0) is 6.92 Å². The minimum Gasteiger partial charge on any atom is -0.462 e. The van der Waals surface area contributed by atoms with Gasteiger partial charge in [-0.25, -0.2) is 4.79 Å². The van der Waals surface area contributed by atoms with Gasteiger partial charge in [-0.1, -0.05) is 28.9 Å². The molecule has 0 bridgehead atoms. The number of ether oxygens (including phenoxy) is 1. The van der Waals surface area contributed by atoms with Crippen LogP contribution in [0.15, 0.2) is 17.3 Å². The summed E-state index contributed by atoms with van der Waals surface area (Å²) in [4.78, 5) is 23.5. The van der Waals surface area contributed by atoms with E-state index >= 15 is 0 Å². The summed E-state index contributed by atoms with van der Waals surface area (Å²) in [6.07, 6.45) is 1.20. The molecule has 0 unspecified atom stereocenters. The number of rotatable bonds is 4. The van der Waals surface area contributed by atoms with Gasteiger partial charge in [0, 0.05) is 17.9 Å². The van der Waals surface area contributed by atoms with E-state index in [0.29, 0.717) is 25.7 Å². The molecule has 1 aromatic heterocycles. The van der Waals surface area contributed by atoms with Crippen LogP contribution in [0.2, 0.25) is 5.02 Å². The second-order valence-electron chi connectivity index (χ2n) is 4.30. The molecule has 0 saturated carbocycles. The van der Waals surface area contributed by atoms with Gasteiger partial charge in [-0.3, -0.25) is 4.79 Å². The third-order valence-corrected chi connectivity index (χ3v) is 4.45. The van der Waals surface area contributed by atoms with Crippen LogP contribution in [-0.2, 0) is 9.53 Å². The maximum absolute atomic E-state index is 12.2. The van der Waals surface area contributed by atoms with Gasteiger partial charge in [0.15, 0.2) is 0 Å². The number of amides is 1. The molecule has 2 aromatic rings. The highest BCUT2D eigenvalue weighted by Crippen LogP contribution is 2.41. The van der Waals surface area contributed by atoms with Crippen LogP contribution in [-0.4, -0.2) is 29.9 Å². The predicted octanol–water partition coefficient (Wildman–Crippen LogP) is 3.50. The molecule has 22 heavy (non-hydrogen) atoms. The van der Waals surface area contributed by atoms with E-state index in [1.54, 1.807) is 19.1 Å². The number of carbonyl (C=O) groups is 2. The fourth-order valence-electron chi connectivity index (χ4n) is 1.96. The van der Waals surface area contributed by atoms with Gasteiger partial charge in [0.2, 0.25) is 5.91 Å². The van der Waals surface area contributed by atoms with Crippen molar-refractivity contribution in [3.8, 4) is 0 Å². The zero-order valence-electron chi connectivity index (χ0n) is 11.8. The lowest BCUT2D eigenvalue weighted by atomic mass is 10.1. The number of nitrogens with zero attached hydrogens (tertiary/aromatic N) is 1. The van der Waals surface area contributed by atoms with Crippen molar-refractivity contribution < 1.29 is 19.5 Å². The van der Waals surface area contributed by atoms with Crippen molar-refractivity contribution in [2.24, 2.45) is 5.16 Å². The van der Waals surface area contributed by atoms with E-state index in [1.807, 2.05) is 0 Å². The lowest BCUT2D eigenvalue weighted by Gasteiger charge is -2.04. The quantitative estimate of drug-likeness (QED) is 0.386. The lowest BCUT2D eigenvalue weighted by Crippen LogP contribution is -2.10. The standard InChI is InChI=1S/C14H13ClN2O4S/c1-3-21-14(19)10-9-5-4-8(6-16-20)11(15)12(9)22-13(10)17-7(2)18/h4-6,20H,3H2,1-2H3,(H,17,18)/b16-6-. The SMILES string of the molecule is CCOC(=O)c1c(NC(C)=O)sc2c(Cl)c(/C=N\O)ccc12. The molecule has 0 aliphatic carbocycles. The number of nitrogens with one attached hydrogen (secondary N) is 1. The summed E-state index contributed by atoms with van der Waals surface area (Å²) >= 11 is 7.43. The number of esters is 1. The molecule has 0 spiro atoms. The van der Waals surface area contributed by atoms with Gasteiger partial charge in [-0.2, -0.15) is 0 Å². The van der Waals surface area contributed by atoms with Crippen LogP contribution in [0.25, 0.3) is 10.1 Å². The molecule has 6 nitrogen and oxygen atoms in total. The minimum absolute atomic E-state index is 0.221. The first-order valence-electron chi connectivity index (χ1n) is 6.36. The molecule has 0 aliphatic heterocycles. The van der Waals surface area contributed by atoms with E-state index in [4.69, 9.17) is 21.5 Å². The van der Waals surface area contributed by atoms with E-state index in [1.165, 1.54) is 24.5 Å². The molecule has 1 amide bonds. The van der Waals surface area contributed by atoms with Gasteiger partial charge in [-0.15, -0.1) is 11.3 Å². The normalized spacial score (nSPS) is 11.0. The summed E-state index contributed by atoms with van der Waals surface area (Å²) < 4.78 is 5.64. The van der Waals surface area contributed by atoms with Crippen LogP contribution in [0, 0.1) is 0 Å². The van der Waals surface area contributed by atoms with Gasteiger partial charge in [0.1, 0.15) is 10.6 Å². The van der Waals surface area contributed by atoms with Crippen LogP contribution in [0.3, 0.4) is 0 Å². The molecule has 2 N–H and O–H groups in total. The molecular formula is C14H13ClN2O4S. The summed E-state index contributed by atoms with van der Waals surface area (Å²) in [5, 5.41) is 15.5. The number of hydrogen-bond donors (Lipinski definition) is 2. The van der Waals surface area contributed by atoms with Crippen molar-refractivity contribution in [2.75, 3.05) is 11.9 Å². The van der Waals surface area contributed by atoms with E-state index in [2.05, 4.69) is 10.5 Å². The lowest BCUT2D eigenvalue weighted by molar-refractivity contribution is -0.114. The topological polar surface area (TPSA) is 88.0 Å². The number of oxime groups is 1. The van der Waals surface area contributed by atoms with Crippen molar-refractivity contribution in [3.05, 3.63) is 28.3 Å². The molecule has 0 fully saturated rings. The van der Waals surface area contributed by atoms with E-state index < -0.39 is 5.97 Å². The number of carbonyl (C=O) groups excluding carboxylic acids is 2. The Hall–Kier alpha value is -2.12. The monoisotopic (exact) mass is 340 g/mol. The van der Waals surface area contributed by atoms with Crippen molar-refractivity contribution in [1.82, 2.24) is 0 Å². The Balaban J connectivity index is 2.70. The minimum atomic E-state index is -0.530. The zero-order valence-corrected chi connectivity index (χ0v) is 13.4. The summed E-state index contributed by atoms with van der Waals surface area (Å²) in [6, 6.07) is 3.30. The Kier molecular flexibility index (Phi) is 4.99. The second kappa shape index (κ2) is 6.76. The Morgan fingerprint density at radius 3 is 2.82 bits per heavy atom. The Bertz CT molecular complexity index is 770. The van der Waals surface area contributed by atoms with Gasteiger partial charge >= 0.3 is 5.97 Å². The maximum Gasteiger partial charge on any atom is 0.341 e. The third-order valence-electron chi connectivity index (χ3n) is 2.79. The Morgan fingerprint density at radius 1 is 1.50 bits per heavy atom. The number of hydrogen-bond acceptors (Lipinski definition) is 6. The van der Waals surface area contributed by atoms with Crippen LogP contribution < -0.4 is 5.32 Å². The number of anilines is 1. The maximum atomic E-state index is 12.2. The van der Waals surface area contributed by atoms with Crippen LogP contribution in [0.4, 0.5) is 5.00 Å².